The molecule has 0 amide bonds. The molecule has 0 bridgehead atoms. The van der Waals surface area contributed by atoms with Crippen LogP contribution in [0.15, 0.2) is 12.2 Å². The fourth-order valence-electron chi connectivity index (χ4n) is 9.07. The minimum atomic E-state index is -1.50. The summed E-state index contributed by atoms with van der Waals surface area (Å²) in [6.07, 6.45) is 58.9. The topological polar surface area (TPSA) is 108 Å². The number of nitrogens with zero attached hydrogens (tertiary/aromatic N) is 1. The second-order valence-electron chi connectivity index (χ2n) is 22.0. The van der Waals surface area contributed by atoms with Gasteiger partial charge in [-0.1, -0.05) is 264 Å². The van der Waals surface area contributed by atoms with Crippen molar-refractivity contribution in [1.82, 2.24) is 0 Å². The van der Waals surface area contributed by atoms with E-state index in [-0.39, 0.29) is 38.2 Å². The minimum absolute atomic E-state index is 0.174. The average Bonchev–Trinajstić information content (AvgIpc) is 3.33. The van der Waals surface area contributed by atoms with Gasteiger partial charge in [-0.2, -0.15) is 0 Å². The van der Waals surface area contributed by atoms with E-state index in [4.69, 9.17) is 18.9 Å². The number of carboxylic acid groups (broad SMARTS) is 1. The van der Waals surface area contributed by atoms with Crippen LogP contribution in [0.3, 0.4) is 0 Å². The van der Waals surface area contributed by atoms with Gasteiger partial charge < -0.3 is 28.5 Å². The maximum atomic E-state index is 12.9. The molecule has 0 aliphatic carbocycles. The van der Waals surface area contributed by atoms with Gasteiger partial charge in [0.05, 0.1) is 34.4 Å². The largest absolute Gasteiger partial charge is 0.477 e. The van der Waals surface area contributed by atoms with Crippen LogP contribution in [-0.2, 0) is 33.3 Å². The number of carboxylic acids is 1. The number of hydrogen-bond acceptors (Lipinski definition) is 7. The van der Waals surface area contributed by atoms with E-state index in [9.17, 15) is 19.5 Å². The zero-order valence-corrected chi connectivity index (χ0v) is 47.2. The quantitative estimate of drug-likeness (QED) is 0.0211. The smallest absolute Gasteiger partial charge is 0.361 e. The van der Waals surface area contributed by atoms with Crippen molar-refractivity contribution >= 4 is 17.9 Å². The van der Waals surface area contributed by atoms with Gasteiger partial charge in [0.25, 0.3) is 6.29 Å². The van der Waals surface area contributed by atoms with Crippen molar-refractivity contribution in [2.75, 3.05) is 47.5 Å². The van der Waals surface area contributed by atoms with E-state index < -0.39 is 18.4 Å². The molecule has 0 aliphatic rings. The summed E-state index contributed by atoms with van der Waals surface area (Å²) in [7, 11) is 5.98. The van der Waals surface area contributed by atoms with E-state index in [1.165, 1.54) is 238 Å². The summed E-state index contributed by atoms with van der Waals surface area (Å²) in [4.78, 5) is 37.3. The first-order valence-corrected chi connectivity index (χ1v) is 30.4. The van der Waals surface area contributed by atoms with E-state index in [1.807, 2.05) is 21.1 Å². The van der Waals surface area contributed by atoms with Crippen molar-refractivity contribution in [1.29, 1.82) is 0 Å². The Morgan fingerprint density at radius 3 is 1.06 bits per heavy atom. The fourth-order valence-corrected chi connectivity index (χ4v) is 9.07. The van der Waals surface area contributed by atoms with E-state index >= 15 is 0 Å². The van der Waals surface area contributed by atoms with E-state index in [0.29, 0.717) is 17.4 Å². The lowest BCUT2D eigenvalue weighted by Gasteiger charge is -2.25. The average molecular weight is 994 g/mol. The van der Waals surface area contributed by atoms with Crippen LogP contribution in [0.25, 0.3) is 0 Å². The molecule has 9 nitrogen and oxygen atoms in total. The predicted octanol–water partition coefficient (Wildman–Crippen LogP) is 17.7. The summed E-state index contributed by atoms with van der Waals surface area (Å²) in [5.74, 6) is -1.98. The highest BCUT2D eigenvalue weighted by Crippen LogP contribution is 2.18. The van der Waals surface area contributed by atoms with Crippen LogP contribution in [0.4, 0.5) is 0 Å². The number of unbranched alkanes of at least 4 members (excludes halogenated alkanes) is 40. The summed E-state index contributed by atoms with van der Waals surface area (Å²) in [6.45, 7) is 4.92. The number of carbonyl (C=O) groups excluding carboxylic acids is 2. The number of allylic oxidation sites excluding steroid dienone is 2. The number of likely N-dealkylation sites (N-methyl/N-ethyl adjacent to an activating group) is 1. The second kappa shape index (κ2) is 53.3. The molecule has 2 atom stereocenters. The van der Waals surface area contributed by atoms with Gasteiger partial charge >= 0.3 is 17.9 Å². The van der Waals surface area contributed by atoms with Crippen LogP contribution in [0.5, 0.6) is 0 Å². The first-order valence-electron chi connectivity index (χ1n) is 30.4. The molecule has 0 fully saturated rings. The molecule has 0 spiro atoms. The number of esters is 2. The van der Waals surface area contributed by atoms with Crippen molar-refractivity contribution in [3.63, 3.8) is 0 Å². The molecular weight excluding hydrogens is 875 g/mol. The van der Waals surface area contributed by atoms with Crippen LogP contribution >= 0.6 is 0 Å². The Kier molecular flexibility index (Phi) is 51.8. The van der Waals surface area contributed by atoms with E-state index in [0.717, 1.165) is 38.5 Å². The summed E-state index contributed by atoms with van der Waals surface area (Å²) in [5, 5.41) is 9.68. The first kappa shape index (κ1) is 68.0. The van der Waals surface area contributed by atoms with Gasteiger partial charge in [0.2, 0.25) is 0 Å². The Morgan fingerprint density at radius 2 is 0.729 bits per heavy atom. The molecule has 9 heteroatoms. The number of rotatable bonds is 57. The van der Waals surface area contributed by atoms with Gasteiger partial charge in [0.1, 0.15) is 13.2 Å². The molecule has 1 N–H and O–H groups in total. The van der Waals surface area contributed by atoms with Crippen molar-refractivity contribution in [2.45, 2.75) is 315 Å². The van der Waals surface area contributed by atoms with Crippen LogP contribution in [-0.4, -0.2) is 87.4 Å². The number of ether oxygens (including phenoxy) is 4. The Balaban J connectivity index is 3.99. The third kappa shape index (κ3) is 53.8. The highest BCUT2D eigenvalue weighted by Gasteiger charge is 2.25. The molecule has 0 heterocycles. The normalized spacial score (nSPS) is 12.8. The minimum Gasteiger partial charge on any atom is -0.477 e. The maximum Gasteiger partial charge on any atom is 0.361 e. The Bertz CT molecular complexity index is 1150. The molecule has 2 unspecified atom stereocenters. The summed E-state index contributed by atoms with van der Waals surface area (Å²) >= 11 is 0. The Hall–Kier alpha value is -1.97. The maximum absolute atomic E-state index is 12.9. The molecule has 0 aromatic rings. The monoisotopic (exact) mass is 993 g/mol. The zero-order valence-electron chi connectivity index (χ0n) is 47.2. The molecule has 0 aromatic carbocycles. The predicted molar refractivity (Wildman–Crippen MR) is 295 cm³/mol. The van der Waals surface area contributed by atoms with Crippen LogP contribution in [0, 0.1) is 0 Å². The number of quaternary nitrogens is 1. The zero-order chi connectivity index (χ0) is 51.3. The van der Waals surface area contributed by atoms with E-state index in [1.54, 1.807) is 0 Å². The Labute approximate surface area is 434 Å². The molecule has 0 saturated carbocycles. The van der Waals surface area contributed by atoms with Crippen LogP contribution < -0.4 is 0 Å². The summed E-state index contributed by atoms with van der Waals surface area (Å²) in [5.41, 5.74) is 0. The fraction of sp³-hybridized carbons (Fsp3) is 0.918. The first-order chi connectivity index (χ1) is 34.1. The van der Waals surface area contributed by atoms with Gasteiger partial charge in [-0.05, 0) is 38.5 Å². The standard InChI is InChI=1S/C61H117NO8/c1-6-8-10-12-14-16-18-20-21-22-23-24-25-26-27-28-29-30-31-32-33-34-35-36-37-38-39-40-42-44-46-48-50-52-59(64)70-57(56-69-61(60(65)66)67-54-53-62(3,4)5)55-68-58(63)51-49-47-45-43-41-19-17-15-13-11-9-7-2/h22-23,57,61H,6-21,24-56H2,1-5H3/p+1/b23-22-. The van der Waals surface area contributed by atoms with Gasteiger partial charge in [0, 0.05) is 12.8 Å². The number of hydrogen-bond donors (Lipinski definition) is 1. The van der Waals surface area contributed by atoms with Crippen LogP contribution in [0.2, 0.25) is 0 Å². The lowest BCUT2D eigenvalue weighted by atomic mass is 10.0. The lowest BCUT2D eigenvalue weighted by Crippen LogP contribution is -2.40. The van der Waals surface area contributed by atoms with E-state index in [2.05, 4.69) is 26.0 Å². The highest BCUT2D eigenvalue weighted by molar-refractivity contribution is 5.71. The third-order valence-electron chi connectivity index (χ3n) is 13.8. The van der Waals surface area contributed by atoms with Gasteiger partial charge in [-0.3, -0.25) is 9.59 Å². The molecule has 0 radical (unpaired) electrons. The number of carbonyl (C=O) groups is 3. The van der Waals surface area contributed by atoms with Crippen molar-refractivity contribution in [3.8, 4) is 0 Å². The molecule has 70 heavy (non-hydrogen) atoms. The van der Waals surface area contributed by atoms with Gasteiger partial charge in [-0.15, -0.1) is 0 Å². The van der Waals surface area contributed by atoms with Crippen molar-refractivity contribution in [3.05, 3.63) is 12.2 Å². The molecule has 0 saturated heterocycles. The lowest BCUT2D eigenvalue weighted by molar-refractivity contribution is -0.870. The second-order valence-corrected chi connectivity index (χ2v) is 22.0. The third-order valence-corrected chi connectivity index (χ3v) is 13.8. The van der Waals surface area contributed by atoms with Crippen molar-refractivity contribution in [2.24, 2.45) is 0 Å². The SMILES string of the molecule is CCCCCCCCCC/C=C\CCCCCCCCCCCCCCCCCCCCCCCC(=O)OC(COC(=O)CCCCCCCCCCCCCC)COC(OCC[N+](C)(C)C)C(=O)O. The van der Waals surface area contributed by atoms with Crippen molar-refractivity contribution < 1.29 is 42.9 Å². The van der Waals surface area contributed by atoms with Gasteiger partial charge in [-0.25, -0.2) is 4.79 Å². The molecule has 0 aliphatic heterocycles. The Morgan fingerprint density at radius 1 is 0.414 bits per heavy atom. The molecule has 0 rings (SSSR count). The molecular formula is C61H118NO8+. The van der Waals surface area contributed by atoms with Gasteiger partial charge in [0.15, 0.2) is 6.10 Å². The molecule has 414 valence electrons. The summed E-state index contributed by atoms with van der Waals surface area (Å²) in [6, 6.07) is 0. The summed E-state index contributed by atoms with van der Waals surface area (Å²) < 4.78 is 22.9. The van der Waals surface area contributed by atoms with Crippen LogP contribution in [0.1, 0.15) is 303 Å². The number of aliphatic carboxylic acids is 1. The molecule has 0 aromatic heterocycles. The highest BCUT2D eigenvalue weighted by atomic mass is 16.7.